The van der Waals surface area contributed by atoms with Crippen LogP contribution in [-0.2, 0) is 6.42 Å². The molecule has 2 N–H and O–H groups in total. The van der Waals surface area contributed by atoms with Gasteiger partial charge in [-0.25, -0.2) is 4.39 Å². The van der Waals surface area contributed by atoms with Crippen molar-refractivity contribution in [3.05, 3.63) is 29.1 Å². The van der Waals surface area contributed by atoms with Gasteiger partial charge in [-0.15, -0.1) is 13.2 Å². The summed E-state index contributed by atoms with van der Waals surface area (Å²) >= 11 is 0. The molecule has 0 bridgehead atoms. The zero-order valence-electron chi connectivity index (χ0n) is 8.85. The van der Waals surface area contributed by atoms with Gasteiger partial charge in [0.25, 0.3) is 0 Å². The summed E-state index contributed by atoms with van der Waals surface area (Å²) < 4.78 is 53.1. The number of alkyl halides is 3. The average molecular weight is 249 g/mol. The number of hydrogen-bond acceptors (Lipinski definition) is 2. The largest absolute Gasteiger partial charge is 0.573 e. The summed E-state index contributed by atoms with van der Waals surface area (Å²) in [6.07, 6.45) is -2.77. The molecule has 0 heterocycles. The summed E-state index contributed by atoms with van der Waals surface area (Å²) in [5, 5.41) is 0. The molecule has 6 heteroatoms. The highest BCUT2D eigenvalue weighted by Gasteiger charge is 2.33. The number of halogens is 4. The molecule has 1 aliphatic carbocycles. The molecule has 0 unspecified atom stereocenters. The monoisotopic (exact) mass is 249 g/mol. The van der Waals surface area contributed by atoms with Gasteiger partial charge in [-0.05, 0) is 42.5 Å². The van der Waals surface area contributed by atoms with Gasteiger partial charge < -0.3 is 10.5 Å². The van der Waals surface area contributed by atoms with E-state index in [1.807, 2.05) is 0 Å². The van der Waals surface area contributed by atoms with Crippen LogP contribution < -0.4 is 10.5 Å². The van der Waals surface area contributed by atoms with Gasteiger partial charge in [0.1, 0.15) is 0 Å². The molecule has 0 radical (unpaired) electrons. The van der Waals surface area contributed by atoms with Crippen LogP contribution in [0.5, 0.6) is 5.75 Å². The third-order valence-corrected chi connectivity index (χ3v) is 2.78. The van der Waals surface area contributed by atoms with E-state index in [0.717, 1.165) is 18.6 Å². The van der Waals surface area contributed by atoms with Gasteiger partial charge >= 0.3 is 6.36 Å². The van der Waals surface area contributed by atoms with Crippen LogP contribution in [0.3, 0.4) is 0 Å². The van der Waals surface area contributed by atoms with Crippen molar-refractivity contribution in [3.63, 3.8) is 0 Å². The highest BCUT2D eigenvalue weighted by molar-refractivity contribution is 5.40. The van der Waals surface area contributed by atoms with Gasteiger partial charge in [-0.2, -0.15) is 0 Å². The van der Waals surface area contributed by atoms with E-state index in [1.165, 1.54) is 0 Å². The fourth-order valence-corrected chi connectivity index (χ4v) is 2.04. The summed E-state index contributed by atoms with van der Waals surface area (Å²) in [5.74, 6) is -1.82. The van der Waals surface area contributed by atoms with Crippen LogP contribution in [0.4, 0.5) is 17.6 Å². The maximum Gasteiger partial charge on any atom is 0.573 e. The first-order valence-electron chi connectivity index (χ1n) is 5.20. The lowest BCUT2D eigenvalue weighted by Gasteiger charge is -2.23. The second kappa shape index (κ2) is 4.18. The first-order chi connectivity index (χ1) is 7.87. The third kappa shape index (κ3) is 2.69. The maximum atomic E-state index is 13.4. The van der Waals surface area contributed by atoms with Crippen LogP contribution in [0.25, 0.3) is 0 Å². The predicted molar refractivity (Wildman–Crippen MR) is 52.9 cm³/mol. The Bertz CT molecular complexity index is 430. The SMILES string of the molecule is N[C@@H]1CCCc2cc(F)c(OC(F)(F)F)cc21. The van der Waals surface area contributed by atoms with Crippen LogP contribution in [0.2, 0.25) is 0 Å². The number of rotatable bonds is 1. The first kappa shape index (κ1) is 12.2. The summed E-state index contributed by atoms with van der Waals surface area (Å²) in [5.41, 5.74) is 6.97. The van der Waals surface area contributed by atoms with Crippen molar-refractivity contribution >= 4 is 0 Å². The average Bonchev–Trinajstić information content (AvgIpc) is 2.18. The van der Waals surface area contributed by atoms with E-state index in [2.05, 4.69) is 4.74 Å². The number of ether oxygens (including phenoxy) is 1. The van der Waals surface area contributed by atoms with Crippen LogP contribution in [0.1, 0.15) is 30.0 Å². The quantitative estimate of drug-likeness (QED) is 0.776. The predicted octanol–water partition coefficient (Wildman–Crippen LogP) is 3.06. The third-order valence-electron chi connectivity index (χ3n) is 2.78. The minimum Gasteiger partial charge on any atom is -0.403 e. The lowest BCUT2D eigenvalue weighted by atomic mass is 9.88. The minimum atomic E-state index is -4.90. The molecular weight excluding hydrogens is 238 g/mol. The van der Waals surface area contributed by atoms with Crippen molar-refractivity contribution in [2.75, 3.05) is 0 Å². The first-order valence-corrected chi connectivity index (χ1v) is 5.20. The van der Waals surface area contributed by atoms with Gasteiger partial charge in [0.2, 0.25) is 0 Å². The summed E-state index contributed by atoms with van der Waals surface area (Å²) in [6.45, 7) is 0. The second-order valence-electron chi connectivity index (χ2n) is 4.03. The van der Waals surface area contributed by atoms with Gasteiger partial charge in [0.15, 0.2) is 11.6 Å². The molecule has 0 saturated heterocycles. The van der Waals surface area contributed by atoms with Crippen molar-refractivity contribution in [2.24, 2.45) is 5.73 Å². The number of benzene rings is 1. The smallest absolute Gasteiger partial charge is 0.403 e. The fraction of sp³-hybridized carbons (Fsp3) is 0.455. The number of aryl methyl sites for hydroxylation is 1. The lowest BCUT2D eigenvalue weighted by Crippen LogP contribution is -2.21. The Hall–Kier alpha value is -1.30. The minimum absolute atomic E-state index is 0.352. The van der Waals surface area contributed by atoms with Crippen LogP contribution >= 0.6 is 0 Å². The topological polar surface area (TPSA) is 35.2 Å². The van der Waals surface area contributed by atoms with Crippen molar-refractivity contribution in [1.29, 1.82) is 0 Å². The molecule has 0 aliphatic heterocycles. The Balaban J connectivity index is 2.38. The van der Waals surface area contributed by atoms with E-state index in [-0.39, 0.29) is 6.04 Å². The van der Waals surface area contributed by atoms with Crippen molar-refractivity contribution in [2.45, 2.75) is 31.7 Å². The normalized spacial score (nSPS) is 19.9. The summed E-state index contributed by atoms with van der Waals surface area (Å²) in [4.78, 5) is 0. The Morgan fingerprint density at radius 1 is 1.29 bits per heavy atom. The molecule has 0 amide bonds. The fourth-order valence-electron chi connectivity index (χ4n) is 2.04. The molecule has 1 aliphatic rings. The second-order valence-corrected chi connectivity index (χ2v) is 4.03. The molecule has 0 spiro atoms. The van der Waals surface area contributed by atoms with E-state index in [9.17, 15) is 17.6 Å². The molecule has 94 valence electrons. The summed E-state index contributed by atoms with van der Waals surface area (Å²) in [6, 6.07) is 1.78. The van der Waals surface area contributed by atoms with Gasteiger partial charge in [0.05, 0.1) is 0 Å². The van der Waals surface area contributed by atoms with E-state index in [4.69, 9.17) is 5.73 Å². The molecule has 0 saturated carbocycles. The molecule has 2 nitrogen and oxygen atoms in total. The molecule has 2 rings (SSSR count). The van der Waals surface area contributed by atoms with E-state index in [0.29, 0.717) is 24.0 Å². The Morgan fingerprint density at radius 3 is 2.65 bits per heavy atom. The zero-order chi connectivity index (χ0) is 12.6. The van der Waals surface area contributed by atoms with E-state index >= 15 is 0 Å². The molecular formula is C11H11F4NO. The Kier molecular flexibility index (Phi) is 2.99. The van der Waals surface area contributed by atoms with Crippen LogP contribution in [-0.4, -0.2) is 6.36 Å². The number of nitrogens with two attached hydrogens (primary N) is 1. The number of fused-ring (bicyclic) bond motifs is 1. The van der Waals surface area contributed by atoms with Gasteiger partial charge in [0, 0.05) is 6.04 Å². The molecule has 17 heavy (non-hydrogen) atoms. The standard InChI is InChI=1S/C11H11F4NO/c12-8-4-6-2-1-3-9(16)7(6)5-10(8)17-11(13,14)15/h4-5,9H,1-3,16H2/t9-/m1/s1. The van der Waals surface area contributed by atoms with E-state index in [1.54, 1.807) is 0 Å². The van der Waals surface area contributed by atoms with Crippen molar-refractivity contribution < 1.29 is 22.3 Å². The summed E-state index contributed by atoms with van der Waals surface area (Å²) in [7, 11) is 0. The van der Waals surface area contributed by atoms with Crippen LogP contribution in [0, 0.1) is 5.82 Å². The lowest BCUT2D eigenvalue weighted by molar-refractivity contribution is -0.275. The Labute approximate surface area is 95.4 Å². The molecule has 1 aromatic carbocycles. The Morgan fingerprint density at radius 2 is 2.00 bits per heavy atom. The van der Waals surface area contributed by atoms with Gasteiger partial charge in [-0.3, -0.25) is 0 Å². The molecule has 0 fully saturated rings. The molecule has 1 atom stereocenters. The number of hydrogen-bond donors (Lipinski definition) is 1. The molecule has 1 aromatic rings. The highest BCUT2D eigenvalue weighted by Crippen LogP contribution is 2.34. The highest BCUT2D eigenvalue weighted by atomic mass is 19.4. The van der Waals surface area contributed by atoms with Gasteiger partial charge in [-0.1, -0.05) is 0 Å². The zero-order valence-corrected chi connectivity index (χ0v) is 8.85. The van der Waals surface area contributed by atoms with Crippen LogP contribution in [0.15, 0.2) is 12.1 Å². The van der Waals surface area contributed by atoms with Crippen molar-refractivity contribution in [3.8, 4) is 5.75 Å². The maximum absolute atomic E-state index is 13.4. The van der Waals surface area contributed by atoms with E-state index < -0.39 is 17.9 Å². The molecule has 0 aromatic heterocycles. The van der Waals surface area contributed by atoms with Crippen molar-refractivity contribution in [1.82, 2.24) is 0 Å².